The Morgan fingerprint density at radius 1 is 1.44 bits per heavy atom. The van der Waals surface area contributed by atoms with E-state index < -0.39 is 0 Å². The third kappa shape index (κ3) is 3.92. The number of ether oxygens (including phenoxy) is 2. The number of nitrogens with two attached hydrogens (primary N) is 1. The molecule has 0 aliphatic carbocycles. The van der Waals surface area contributed by atoms with Gasteiger partial charge in [0.2, 0.25) is 0 Å². The predicted octanol–water partition coefficient (Wildman–Crippen LogP) is 0.943. The molecule has 0 spiro atoms. The summed E-state index contributed by atoms with van der Waals surface area (Å²) < 4.78 is 10.6. The lowest BCUT2D eigenvalue weighted by Crippen LogP contribution is -2.41. The minimum Gasteiger partial charge on any atom is -0.484 e. The molecule has 0 bridgehead atoms. The van der Waals surface area contributed by atoms with Crippen molar-refractivity contribution in [3.63, 3.8) is 0 Å². The first-order valence-electron chi connectivity index (χ1n) is 6.09. The Bertz CT molecular complexity index is 403. The van der Waals surface area contributed by atoms with E-state index in [1.807, 2.05) is 0 Å². The van der Waals surface area contributed by atoms with Crippen LogP contribution in [0.15, 0.2) is 24.3 Å². The van der Waals surface area contributed by atoms with Gasteiger partial charge in [0, 0.05) is 31.0 Å². The van der Waals surface area contributed by atoms with Gasteiger partial charge in [-0.3, -0.25) is 4.79 Å². The van der Waals surface area contributed by atoms with Crippen LogP contribution in [-0.4, -0.2) is 31.8 Å². The molecule has 3 N–H and O–H groups in total. The molecule has 18 heavy (non-hydrogen) atoms. The zero-order valence-corrected chi connectivity index (χ0v) is 10.2. The normalized spacial score (nSPS) is 16.2. The van der Waals surface area contributed by atoms with Gasteiger partial charge in [0.15, 0.2) is 6.61 Å². The van der Waals surface area contributed by atoms with Gasteiger partial charge in [-0.2, -0.15) is 0 Å². The molecule has 0 aromatic heterocycles. The Balaban J connectivity index is 1.74. The lowest BCUT2D eigenvalue weighted by molar-refractivity contribution is -0.124. The summed E-state index contributed by atoms with van der Waals surface area (Å²) >= 11 is 0. The number of hydrogen-bond donors (Lipinski definition) is 2. The maximum Gasteiger partial charge on any atom is 0.258 e. The van der Waals surface area contributed by atoms with Crippen LogP contribution in [0.3, 0.4) is 0 Å². The number of hydrogen-bond acceptors (Lipinski definition) is 4. The van der Waals surface area contributed by atoms with Crippen LogP contribution < -0.4 is 15.8 Å². The van der Waals surface area contributed by atoms with E-state index in [2.05, 4.69) is 5.32 Å². The van der Waals surface area contributed by atoms with Gasteiger partial charge < -0.3 is 20.5 Å². The molecular formula is C13H18N2O3. The molecule has 1 aliphatic rings. The second-order valence-electron chi connectivity index (χ2n) is 4.32. The third-order valence-corrected chi connectivity index (χ3v) is 2.81. The molecule has 1 heterocycles. The molecule has 0 saturated carbocycles. The van der Waals surface area contributed by atoms with Crippen molar-refractivity contribution in [1.82, 2.24) is 5.32 Å². The first-order chi connectivity index (χ1) is 8.74. The summed E-state index contributed by atoms with van der Waals surface area (Å²) in [6.07, 6.45) is 1.73. The summed E-state index contributed by atoms with van der Waals surface area (Å²) in [5, 5.41) is 2.93. The SMILES string of the molecule is Nc1cccc(OCC(=O)NC2CCOCC2)c1. The number of anilines is 1. The molecule has 1 aromatic rings. The van der Waals surface area contributed by atoms with E-state index in [-0.39, 0.29) is 18.6 Å². The largest absolute Gasteiger partial charge is 0.484 e. The quantitative estimate of drug-likeness (QED) is 0.780. The molecule has 1 aliphatic heterocycles. The topological polar surface area (TPSA) is 73.6 Å². The zero-order valence-electron chi connectivity index (χ0n) is 10.2. The van der Waals surface area contributed by atoms with Gasteiger partial charge in [-0.1, -0.05) is 6.07 Å². The Kier molecular flexibility index (Phi) is 4.41. The van der Waals surface area contributed by atoms with Crippen LogP contribution in [0, 0.1) is 0 Å². The lowest BCUT2D eigenvalue weighted by atomic mass is 10.1. The second kappa shape index (κ2) is 6.26. The number of carbonyl (C=O) groups is 1. The molecule has 0 atom stereocenters. The molecule has 0 unspecified atom stereocenters. The number of amides is 1. The van der Waals surface area contributed by atoms with Crippen molar-refractivity contribution >= 4 is 11.6 Å². The van der Waals surface area contributed by atoms with Gasteiger partial charge in [-0.15, -0.1) is 0 Å². The fraction of sp³-hybridized carbons (Fsp3) is 0.462. The van der Waals surface area contributed by atoms with Crippen LogP contribution in [0.1, 0.15) is 12.8 Å². The molecule has 1 aromatic carbocycles. The summed E-state index contributed by atoms with van der Waals surface area (Å²) in [7, 11) is 0. The molecule has 98 valence electrons. The van der Waals surface area contributed by atoms with Gasteiger partial charge in [-0.05, 0) is 25.0 Å². The third-order valence-electron chi connectivity index (χ3n) is 2.81. The Hall–Kier alpha value is -1.75. The predicted molar refractivity (Wildman–Crippen MR) is 68.3 cm³/mol. The van der Waals surface area contributed by atoms with Crippen molar-refractivity contribution in [3.05, 3.63) is 24.3 Å². The first-order valence-corrected chi connectivity index (χ1v) is 6.09. The minimum absolute atomic E-state index is 0.0147. The van der Waals surface area contributed by atoms with E-state index in [4.69, 9.17) is 15.2 Å². The first kappa shape index (κ1) is 12.7. The van der Waals surface area contributed by atoms with Crippen molar-refractivity contribution in [1.29, 1.82) is 0 Å². The Morgan fingerprint density at radius 3 is 2.94 bits per heavy atom. The summed E-state index contributed by atoms with van der Waals surface area (Å²) in [6.45, 7) is 1.43. The standard InChI is InChI=1S/C13H18N2O3/c14-10-2-1-3-12(8-10)18-9-13(16)15-11-4-6-17-7-5-11/h1-3,8,11H,4-7,9,14H2,(H,15,16). The minimum atomic E-state index is -0.107. The number of carbonyl (C=O) groups excluding carboxylic acids is 1. The van der Waals surface area contributed by atoms with Gasteiger partial charge in [-0.25, -0.2) is 0 Å². The maximum absolute atomic E-state index is 11.7. The molecule has 2 rings (SSSR count). The number of nitrogen functional groups attached to an aromatic ring is 1. The van der Waals surface area contributed by atoms with Crippen LogP contribution in [0.25, 0.3) is 0 Å². The molecule has 0 radical (unpaired) electrons. The van der Waals surface area contributed by atoms with E-state index in [9.17, 15) is 4.79 Å². The average molecular weight is 250 g/mol. The molecule has 1 saturated heterocycles. The zero-order chi connectivity index (χ0) is 12.8. The van der Waals surface area contributed by atoms with Gasteiger partial charge in [0.05, 0.1) is 0 Å². The maximum atomic E-state index is 11.7. The highest BCUT2D eigenvalue weighted by Gasteiger charge is 2.16. The number of rotatable bonds is 4. The van der Waals surface area contributed by atoms with Crippen molar-refractivity contribution in [2.75, 3.05) is 25.6 Å². The average Bonchev–Trinajstić information content (AvgIpc) is 2.38. The van der Waals surface area contributed by atoms with E-state index in [1.54, 1.807) is 24.3 Å². The summed E-state index contributed by atoms with van der Waals surface area (Å²) in [4.78, 5) is 11.7. The lowest BCUT2D eigenvalue weighted by Gasteiger charge is -2.23. The van der Waals surface area contributed by atoms with Crippen molar-refractivity contribution in [2.45, 2.75) is 18.9 Å². The van der Waals surface area contributed by atoms with Gasteiger partial charge in [0.1, 0.15) is 5.75 Å². The second-order valence-corrected chi connectivity index (χ2v) is 4.32. The van der Waals surface area contributed by atoms with Crippen molar-refractivity contribution in [2.24, 2.45) is 0 Å². The summed E-state index contributed by atoms with van der Waals surface area (Å²) in [6, 6.07) is 7.24. The van der Waals surface area contributed by atoms with Crippen LogP contribution in [0.5, 0.6) is 5.75 Å². The van der Waals surface area contributed by atoms with Crippen LogP contribution in [-0.2, 0) is 9.53 Å². The summed E-state index contributed by atoms with van der Waals surface area (Å²) in [5.74, 6) is 0.501. The monoisotopic (exact) mass is 250 g/mol. The van der Waals surface area contributed by atoms with E-state index in [0.717, 1.165) is 12.8 Å². The van der Waals surface area contributed by atoms with Crippen molar-refractivity contribution < 1.29 is 14.3 Å². The molecular weight excluding hydrogens is 232 g/mol. The fourth-order valence-corrected chi connectivity index (χ4v) is 1.86. The number of nitrogens with one attached hydrogen (secondary N) is 1. The van der Waals surface area contributed by atoms with Gasteiger partial charge >= 0.3 is 0 Å². The van der Waals surface area contributed by atoms with Crippen LogP contribution in [0.4, 0.5) is 5.69 Å². The fourth-order valence-electron chi connectivity index (χ4n) is 1.86. The van der Waals surface area contributed by atoms with E-state index in [1.165, 1.54) is 0 Å². The van der Waals surface area contributed by atoms with E-state index in [0.29, 0.717) is 24.7 Å². The highest BCUT2D eigenvalue weighted by molar-refractivity contribution is 5.77. The number of benzene rings is 1. The Morgan fingerprint density at radius 2 is 2.22 bits per heavy atom. The smallest absolute Gasteiger partial charge is 0.258 e. The van der Waals surface area contributed by atoms with Crippen LogP contribution >= 0.6 is 0 Å². The van der Waals surface area contributed by atoms with E-state index >= 15 is 0 Å². The summed E-state index contributed by atoms with van der Waals surface area (Å²) in [5.41, 5.74) is 6.24. The van der Waals surface area contributed by atoms with Crippen molar-refractivity contribution in [3.8, 4) is 5.75 Å². The highest BCUT2D eigenvalue weighted by atomic mass is 16.5. The van der Waals surface area contributed by atoms with Crippen LogP contribution in [0.2, 0.25) is 0 Å². The Labute approximate surface area is 106 Å². The van der Waals surface area contributed by atoms with Gasteiger partial charge in [0.25, 0.3) is 5.91 Å². The molecule has 5 nitrogen and oxygen atoms in total. The molecule has 1 fully saturated rings. The molecule has 1 amide bonds. The highest BCUT2D eigenvalue weighted by Crippen LogP contribution is 2.14. The molecule has 5 heteroatoms.